The van der Waals surface area contributed by atoms with Crippen LogP contribution in [0.1, 0.15) is 0 Å². The molecule has 3 heteroatoms. The standard InChI is InChI=1S/C9H13NO2/c10-8(6-11)7-12-9-4-2-1-3-5-9/h1-5,8,11H,6-7,10H2. The molecule has 1 aromatic carbocycles. The third-order valence-electron chi connectivity index (χ3n) is 1.44. The van der Waals surface area contributed by atoms with E-state index in [9.17, 15) is 0 Å². The van der Waals surface area contributed by atoms with Gasteiger partial charge in [0.25, 0.3) is 0 Å². The highest BCUT2D eigenvalue weighted by Gasteiger charge is 1.99. The van der Waals surface area contributed by atoms with Gasteiger partial charge in [0.2, 0.25) is 0 Å². The Balaban J connectivity index is 2.33. The fourth-order valence-electron chi connectivity index (χ4n) is 0.773. The number of ether oxygens (including phenoxy) is 1. The monoisotopic (exact) mass is 167 g/mol. The van der Waals surface area contributed by atoms with E-state index in [1.54, 1.807) is 0 Å². The van der Waals surface area contributed by atoms with E-state index in [2.05, 4.69) is 0 Å². The Hall–Kier alpha value is -1.06. The summed E-state index contributed by atoms with van der Waals surface area (Å²) >= 11 is 0. The number of hydrogen-bond acceptors (Lipinski definition) is 3. The van der Waals surface area contributed by atoms with Gasteiger partial charge in [0.1, 0.15) is 12.4 Å². The zero-order valence-electron chi connectivity index (χ0n) is 6.81. The molecule has 1 rings (SSSR count). The van der Waals surface area contributed by atoms with E-state index in [4.69, 9.17) is 15.6 Å². The molecule has 0 aromatic heterocycles. The van der Waals surface area contributed by atoms with Crippen LogP contribution in [0.15, 0.2) is 30.3 Å². The molecular weight excluding hydrogens is 154 g/mol. The zero-order chi connectivity index (χ0) is 8.81. The second-order valence-corrected chi connectivity index (χ2v) is 2.57. The van der Waals surface area contributed by atoms with E-state index in [1.165, 1.54) is 0 Å². The molecular formula is C9H13NO2. The van der Waals surface area contributed by atoms with Crippen LogP contribution in [0.2, 0.25) is 0 Å². The van der Waals surface area contributed by atoms with Crippen LogP contribution in [-0.4, -0.2) is 24.4 Å². The molecule has 0 heterocycles. The lowest BCUT2D eigenvalue weighted by Crippen LogP contribution is -2.31. The minimum absolute atomic E-state index is 0.0488. The van der Waals surface area contributed by atoms with E-state index >= 15 is 0 Å². The van der Waals surface area contributed by atoms with Crippen LogP contribution in [0, 0.1) is 0 Å². The Kier molecular flexibility index (Phi) is 3.57. The van der Waals surface area contributed by atoms with Crippen molar-refractivity contribution in [3.05, 3.63) is 30.3 Å². The fourth-order valence-corrected chi connectivity index (χ4v) is 0.773. The van der Waals surface area contributed by atoms with Crippen molar-refractivity contribution in [2.45, 2.75) is 6.04 Å². The summed E-state index contributed by atoms with van der Waals surface area (Å²) in [6.45, 7) is 0.299. The van der Waals surface area contributed by atoms with Crippen molar-refractivity contribution in [3.63, 3.8) is 0 Å². The van der Waals surface area contributed by atoms with Crippen molar-refractivity contribution in [1.82, 2.24) is 0 Å². The zero-order valence-corrected chi connectivity index (χ0v) is 6.81. The van der Waals surface area contributed by atoms with E-state index in [-0.39, 0.29) is 12.6 Å². The highest BCUT2D eigenvalue weighted by atomic mass is 16.5. The highest BCUT2D eigenvalue weighted by Crippen LogP contribution is 2.07. The Morgan fingerprint density at radius 3 is 2.58 bits per heavy atom. The van der Waals surface area contributed by atoms with Crippen LogP contribution in [0.4, 0.5) is 0 Å². The lowest BCUT2D eigenvalue weighted by atomic mass is 10.3. The first-order valence-corrected chi connectivity index (χ1v) is 3.87. The average molecular weight is 167 g/mol. The number of nitrogens with two attached hydrogens (primary N) is 1. The summed E-state index contributed by atoms with van der Waals surface area (Å²) in [7, 11) is 0. The second kappa shape index (κ2) is 4.74. The summed E-state index contributed by atoms with van der Waals surface area (Å²) in [4.78, 5) is 0. The van der Waals surface area contributed by atoms with Gasteiger partial charge in [-0.1, -0.05) is 18.2 Å². The highest BCUT2D eigenvalue weighted by molar-refractivity contribution is 5.20. The van der Waals surface area contributed by atoms with Gasteiger partial charge >= 0.3 is 0 Å². The predicted octanol–water partition coefficient (Wildman–Crippen LogP) is 0.385. The van der Waals surface area contributed by atoms with Crippen molar-refractivity contribution in [2.24, 2.45) is 5.73 Å². The van der Waals surface area contributed by atoms with Gasteiger partial charge in [0, 0.05) is 0 Å². The van der Waals surface area contributed by atoms with Gasteiger partial charge < -0.3 is 15.6 Å². The normalized spacial score (nSPS) is 12.5. The van der Waals surface area contributed by atoms with Gasteiger partial charge in [-0.2, -0.15) is 0 Å². The van der Waals surface area contributed by atoms with E-state index in [0.717, 1.165) is 5.75 Å². The smallest absolute Gasteiger partial charge is 0.119 e. The quantitative estimate of drug-likeness (QED) is 0.681. The first-order chi connectivity index (χ1) is 5.83. The number of benzene rings is 1. The molecule has 3 N–H and O–H groups in total. The largest absolute Gasteiger partial charge is 0.492 e. The van der Waals surface area contributed by atoms with Gasteiger partial charge in [-0.25, -0.2) is 0 Å². The molecule has 0 spiro atoms. The van der Waals surface area contributed by atoms with Crippen LogP contribution in [0.3, 0.4) is 0 Å². The molecule has 3 nitrogen and oxygen atoms in total. The summed E-state index contributed by atoms with van der Waals surface area (Å²) in [5.74, 6) is 0.779. The van der Waals surface area contributed by atoms with Gasteiger partial charge in [-0.05, 0) is 12.1 Å². The predicted molar refractivity (Wildman–Crippen MR) is 47.0 cm³/mol. The molecule has 1 atom stereocenters. The molecule has 0 saturated heterocycles. The van der Waals surface area contributed by atoms with Crippen LogP contribution in [0.5, 0.6) is 5.75 Å². The second-order valence-electron chi connectivity index (χ2n) is 2.57. The lowest BCUT2D eigenvalue weighted by molar-refractivity contribution is 0.206. The van der Waals surface area contributed by atoms with Crippen LogP contribution in [-0.2, 0) is 0 Å². The van der Waals surface area contributed by atoms with Gasteiger partial charge in [-0.3, -0.25) is 0 Å². The fraction of sp³-hybridized carbons (Fsp3) is 0.333. The molecule has 0 saturated carbocycles. The Labute approximate surface area is 71.8 Å². The van der Waals surface area contributed by atoms with Crippen molar-refractivity contribution < 1.29 is 9.84 Å². The van der Waals surface area contributed by atoms with Crippen LogP contribution < -0.4 is 10.5 Å². The number of rotatable bonds is 4. The third kappa shape index (κ3) is 2.90. The van der Waals surface area contributed by atoms with Crippen LogP contribution >= 0.6 is 0 Å². The van der Waals surface area contributed by atoms with Crippen molar-refractivity contribution >= 4 is 0 Å². The van der Waals surface area contributed by atoms with Crippen molar-refractivity contribution in [1.29, 1.82) is 0 Å². The summed E-state index contributed by atoms with van der Waals surface area (Å²) in [5, 5.41) is 8.61. The number of hydrogen-bond donors (Lipinski definition) is 2. The molecule has 66 valence electrons. The van der Waals surface area contributed by atoms with Crippen LogP contribution in [0.25, 0.3) is 0 Å². The van der Waals surface area contributed by atoms with E-state index < -0.39 is 0 Å². The first kappa shape index (κ1) is 9.03. The summed E-state index contributed by atoms with van der Waals surface area (Å²) < 4.78 is 5.27. The Bertz CT molecular complexity index is 213. The number of aliphatic hydroxyl groups excluding tert-OH is 1. The number of para-hydroxylation sites is 1. The maximum Gasteiger partial charge on any atom is 0.119 e. The molecule has 1 unspecified atom stereocenters. The molecule has 0 amide bonds. The molecule has 0 aliphatic rings. The minimum atomic E-state index is -0.301. The molecule has 0 radical (unpaired) electrons. The minimum Gasteiger partial charge on any atom is -0.492 e. The first-order valence-electron chi connectivity index (χ1n) is 3.87. The summed E-state index contributed by atoms with van der Waals surface area (Å²) in [5.41, 5.74) is 5.45. The molecule has 0 bridgehead atoms. The maximum absolute atomic E-state index is 8.61. The summed E-state index contributed by atoms with van der Waals surface area (Å²) in [6, 6.07) is 9.09. The molecule has 0 aliphatic heterocycles. The van der Waals surface area contributed by atoms with Gasteiger partial charge in [-0.15, -0.1) is 0 Å². The molecule has 0 aliphatic carbocycles. The third-order valence-corrected chi connectivity index (χ3v) is 1.44. The topological polar surface area (TPSA) is 55.5 Å². The van der Waals surface area contributed by atoms with Gasteiger partial charge in [0.15, 0.2) is 0 Å². The Morgan fingerprint density at radius 2 is 2.00 bits per heavy atom. The van der Waals surface area contributed by atoms with E-state index in [1.807, 2.05) is 30.3 Å². The van der Waals surface area contributed by atoms with Crippen molar-refractivity contribution in [2.75, 3.05) is 13.2 Å². The summed E-state index contributed by atoms with van der Waals surface area (Å²) in [6.07, 6.45) is 0. The molecule has 0 fully saturated rings. The van der Waals surface area contributed by atoms with Gasteiger partial charge in [0.05, 0.1) is 12.6 Å². The maximum atomic E-state index is 8.61. The molecule has 12 heavy (non-hydrogen) atoms. The lowest BCUT2D eigenvalue weighted by Gasteiger charge is -2.09. The van der Waals surface area contributed by atoms with Crippen molar-refractivity contribution in [3.8, 4) is 5.75 Å². The average Bonchev–Trinajstić information content (AvgIpc) is 2.16. The number of aliphatic hydroxyl groups is 1. The SMILES string of the molecule is NC(CO)COc1ccccc1. The Morgan fingerprint density at radius 1 is 1.33 bits per heavy atom. The van der Waals surface area contributed by atoms with E-state index in [0.29, 0.717) is 6.61 Å². The molecule has 1 aromatic rings.